The largest absolute Gasteiger partial charge is 0.370 e. The maximum absolute atomic E-state index is 14.1. The fourth-order valence-corrected chi connectivity index (χ4v) is 7.09. The summed E-state index contributed by atoms with van der Waals surface area (Å²) in [7, 11) is -1.22. The van der Waals surface area contributed by atoms with Gasteiger partial charge in [0.1, 0.15) is 11.5 Å². The van der Waals surface area contributed by atoms with Crippen molar-refractivity contribution in [3.8, 4) is 11.1 Å². The highest BCUT2D eigenvalue weighted by atomic mass is 32.2. The molecule has 1 aromatic carbocycles. The molecule has 0 aliphatic carbocycles. The van der Waals surface area contributed by atoms with Crippen molar-refractivity contribution >= 4 is 32.3 Å². The van der Waals surface area contributed by atoms with Crippen LogP contribution in [0.25, 0.3) is 27.7 Å². The first-order chi connectivity index (χ1) is 14.8. The highest BCUT2D eigenvalue weighted by Crippen LogP contribution is 2.45. The molecule has 5 heterocycles. The van der Waals surface area contributed by atoms with E-state index in [0.717, 1.165) is 57.5 Å². The van der Waals surface area contributed by atoms with Gasteiger partial charge in [-0.15, -0.1) is 0 Å². The van der Waals surface area contributed by atoms with Crippen molar-refractivity contribution in [1.82, 2.24) is 14.3 Å². The highest BCUT2D eigenvalue weighted by Gasteiger charge is 2.42. The van der Waals surface area contributed by atoms with E-state index in [1.54, 1.807) is 16.6 Å². The van der Waals surface area contributed by atoms with Crippen LogP contribution in [-0.4, -0.2) is 48.1 Å². The van der Waals surface area contributed by atoms with Gasteiger partial charge in [0.2, 0.25) is 10.0 Å². The van der Waals surface area contributed by atoms with Crippen LogP contribution in [0.2, 0.25) is 0 Å². The molecule has 160 valence electrons. The van der Waals surface area contributed by atoms with E-state index in [9.17, 15) is 12.8 Å². The van der Waals surface area contributed by atoms with Crippen LogP contribution in [0.3, 0.4) is 0 Å². The minimum Gasteiger partial charge on any atom is -0.370 e. The van der Waals surface area contributed by atoms with Gasteiger partial charge in [0.25, 0.3) is 0 Å². The van der Waals surface area contributed by atoms with Crippen LogP contribution in [0.1, 0.15) is 30.5 Å². The Hall–Kier alpha value is -2.71. The molecule has 0 saturated carbocycles. The van der Waals surface area contributed by atoms with Gasteiger partial charge in [-0.1, -0.05) is 6.08 Å². The number of nitrogens with zero attached hydrogens (tertiary/aromatic N) is 3. The maximum atomic E-state index is 14.1. The number of anilines is 1. The first kappa shape index (κ1) is 19.0. The third kappa shape index (κ3) is 2.78. The fraction of sp³-hybridized carbons (Fsp3) is 0.348. The lowest BCUT2D eigenvalue weighted by Crippen LogP contribution is -2.42. The molecule has 1 saturated heterocycles. The van der Waals surface area contributed by atoms with Crippen molar-refractivity contribution in [3.63, 3.8) is 0 Å². The average Bonchev–Trinajstić information content (AvgIpc) is 3.18. The number of fused-ring (bicyclic) bond motifs is 4. The number of halogens is 1. The molecule has 31 heavy (non-hydrogen) atoms. The molecule has 0 spiro atoms. The van der Waals surface area contributed by atoms with E-state index in [1.165, 1.54) is 12.3 Å². The van der Waals surface area contributed by atoms with E-state index < -0.39 is 10.0 Å². The van der Waals surface area contributed by atoms with E-state index in [-0.39, 0.29) is 17.9 Å². The van der Waals surface area contributed by atoms with E-state index in [2.05, 4.69) is 20.9 Å². The first-order valence-corrected chi connectivity index (χ1v) is 12.4. The predicted octanol–water partition coefficient (Wildman–Crippen LogP) is 3.90. The Balaban J connectivity index is 1.55. The topological polar surface area (TPSA) is 69.3 Å². The lowest BCUT2D eigenvalue weighted by atomic mass is 9.95. The molecular formula is C23H23FN4O2S. The van der Waals surface area contributed by atoms with Crippen LogP contribution in [0.15, 0.2) is 36.5 Å². The zero-order valence-electron chi connectivity index (χ0n) is 17.4. The van der Waals surface area contributed by atoms with Crippen molar-refractivity contribution in [2.75, 3.05) is 18.2 Å². The zero-order chi connectivity index (χ0) is 21.5. The maximum Gasteiger partial charge on any atom is 0.212 e. The summed E-state index contributed by atoms with van der Waals surface area (Å²) in [6.45, 7) is 0.662. The van der Waals surface area contributed by atoms with Gasteiger partial charge in [0.05, 0.1) is 6.26 Å². The first-order valence-electron chi connectivity index (χ1n) is 10.5. The molecule has 2 atom stereocenters. The van der Waals surface area contributed by atoms with Gasteiger partial charge in [-0.2, -0.15) is 4.31 Å². The van der Waals surface area contributed by atoms with Crippen molar-refractivity contribution in [3.05, 3.63) is 53.6 Å². The zero-order valence-corrected chi connectivity index (χ0v) is 18.2. The number of benzene rings is 1. The number of aromatic nitrogens is 2. The normalized spacial score (nSPS) is 23.1. The van der Waals surface area contributed by atoms with Gasteiger partial charge < -0.3 is 9.88 Å². The summed E-state index contributed by atoms with van der Waals surface area (Å²) in [5.74, 6) is -0.260. The van der Waals surface area contributed by atoms with Crippen LogP contribution in [0.5, 0.6) is 0 Å². The number of hydrogen-bond acceptors (Lipinski definition) is 4. The van der Waals surface area contributed by atoms with Gasteiger partial charge in [-0.05, 0) is 54.7 Å². The van der Waals surface area contributed by atoms with Crippen LogP contribution in [-0.2, 0) is 16.6 Å². The lowest BCUT2D eigenvalue weighted by molar-refractivity contribution is 0.348. The second-order valence-electron chi connectivity index (χ2n) is 8.87. The molecule has 8 heteroatoms. The predicted molar refractivity (Wildman–Crippen MR) is 120 cm³/mol. The van der Waals surface area contributed by atoms with E-state index in [0.29, 0.717) is 13.0 Å². The number of hydrogen-bond donors (Lipinski definition) is 1. The van der Waals surface area contributed by atoms with Gasteiger partial charge in [0, 0.05) is 59.8 Å². The number of sulfonamides is 1. The Morgan fingerprint density at radius 3 is 2.81 bits per heavy atom. The summed E-state index contributed by atoms with van der Waals surface area (Å²) in [6.07, 6.45) is 7.58. The van der Waals surface area contributed by atoms with Gasteiger partial charge in [0.15, 0.2) is 0 Å². The monoisotopic (exact) mass is 438 g/mol. The molecule has 2 bridgehead atoms. The minimum absolute atomic E-state index is 0.000780. The molecule has 3 aliphatic heterocycles. The number of aromatic amines is 1. The summed E-state index contributed by atoms with van der Waals surface area (Å²) in [5.41, 5.74) is 6.91. The van der Waals surface area contributed by atoms with Gasteiger partial charge in [-0.25, -0.2) is 17.8 Å². The Kier molecular flexibility index (Phi) is 3.92. The smallest absolute Gasteiger partial charge is 0.212 e. The quantitative estimate of drug-likeness (QED) is 0.659. The summed E-state index contributed by atoms with van der Waals surface area (Å²) < 4.78 is 40.4. The summed E-state index contributed by atoms with van der Waals surface area (Å²) in [5, 5.41) is 1.02. The van der Waals surface area contributed by atoms with E-state index >= 15 is 0 Å². The molecular weight excluding hydrogens is 415 g/mol. The third-order valence-corrected chi connectivity index (χ3v) is 8.22. The summed E-state index contributed by atoms with van der Waals surface area (Å²) in [6, 6.07) is 6.77. The SMILES string of the molecule is CN1Cc2c(C3=C[C@H]4CC[C@@H](C3)N4S(C)(=O)=O)[nH]c3nccc(c23)-c2cc(F)ccc21. The number of nitrogens with one attached hydrogen (secondary N) is 1. The molecule has 1 fully saturated rings. The number of rotatable bonds is 2. The van der Waals surface area contributed by atoms with Crippen molar-refractivity contribution in [2.45, 2.75) is 37.9 Å². The van der Waals surface area contributed by atoms with E-state index in [1.807, 2.05) is 19.2 Å². The standard InChI is InChI=1S/C23H23FN4O2S/c1-27-12-19-21-17(18-11-14(24)3-6-20(18)27)7-8-25-23(21)26-22(19)13-9-15-4-5-16(10-13)28(15)31(2,29)30/h3,6-9,11,15-16H,4-5,10,12H2,1-2H3,(H,25,26)/t15-,16+/m1/s1. The van der Waals surface area contributed by atoms with Crippen LogP contribution < -0.4 is 4.90 Å². The van der Waals surface area contributed by atoms with Crippen LogP contribution in [0, 0.1) is 5.82 Å². The third-order valence-electron chi connectivity index (χ3n) is 6.89. The van der Waals surface area contributed by atoms with Crippen molar-refractivity contribution < 1.29 is 12.8 Å². The van der Waals surface area contributed by atoms with Gasteiger partial charge >= 0.3 is 0 Å². The van der Waals surface area contributed by atoms with E-state index in [4.69, 9.17) is 0 Å². The second-order valence-corrected chi connectivity index (χ2v) is 10.8. The molecule has 0 unspecified atom stereocenters. The molecule has 0 radical (unpaired) electrons. The molecule has 6 nitrogen and oxygen atoms in total. The lowest BCUT2D eigenvalue weighted by Gasteiger charge is -2.32. The molecule has 3 aromatic rings. The average molecular weight is 439 g/mol. The Labute approximate surface area is 180 Å². The number of H-pyrrole nitrogens is 1. The van der Waals surface area contributed by atoms with Crippen LogP contribution >= 0.6 is 0 Å². The summed E-state index contributed by atoms with van der Waals surface area (Å²) >= 11 is 0. The van der Waals surface area contributed by atoms with Crippen LogP contribution in [0.4, 0.5) is 10.1 Å². The summed E-state index contributed by atoms with van der Waals surface area (Å²) in [4.78, 5) is 10.2. The minimum atomic E-state index is -3.24. The van der Waals surface area contributed by atoms with Gasteiger partial charge in [-0.3, -0.25) is 0 Å². The molecule has 1 N–H and O–H groups in total. The number of pyridine rings is 1. The van der Waals surface area contributed by atoms with Crippen molar-refractivity contribution in [2.24, 2.45) is 0 Å². The Bertz CT molecular complexity index is 1380. The molecule has 2 aromatic heterocycles. The van der Waals surface area contributed by atoms with Crippen molar-refractivity contribution in [1.29, 1.82) is 0 Å². The molecule has 0 amide bonds. The fourth-order valence-electron chi connectivity index (χ4n) is 5.71. The molecule has 3 aliphatic rings. The highest BCUT2D eigenvalue weighted by molar-refractivity contribution is 7.88. The Morgan fingerprint density at radius 2 is 2.03 bits per heavy atom. The Morgan fingerprint density at radius 1 is 1.19 bits per heavy atom. The second kappa shape index (κ2) is 6.40. The molecule has 6 rings (SSSR count).